The Labute approximate surface area is 200 Å². The maximum absolute atomic E-state index is 13.3. The van der Waals surface area contributed by atoms with E-state index in [0.717, 1.165) is 17.0 Å². The summed E-state index contributed by atoms with van der Waals surface area (Å²) in [5.74, 6) is -3.82. The zero-order chi connectivity index (χ0) is 26.1. The molecule has 0 radical (unpaired) electrons. The molecule has 12 heteroatoms. The standard InChI is InChI=1S/C23H26F2N4O6/c1-14(27-21(30)12-16-9-17(24)13-18(25)10-16)22(31)28(7-8-35-2)23(32)20(26)11-15-3-5-19(6-4-15)29(33)34/h3-6,9-10,13-14,20H,7-8,11-12,26H2,1-2H3,(H,27,30)/t14-,20?/m0/s1. The van der Waals surface area contributed by atoms with E-state index >= 15 is 0 Å². The number of nitro benzene ring substituents is 1. The van der Waals surface area contributed by atoms with Gasteiger partial charge in [0.2, 0.25) is 11.8 Å². The van der Waals surface area contributed by atoms with Crippen molar-refractivity contribution in [2.24, 2.45) is 5.73 Å². The van der Waals surface area contributed by atoms with Gasteiger partial charge in [0, 0.05) is 25.3 Å². The Hall–Kier alpha value is -3.77. The van der Waals surface area contributed by atoms with Crippen LogP contribution in [0.15, 0.2) is 42.5 Å². The summed E-state index contributed by atoms with van der Waals surface area (Å²) in [4.78, 5) is 49.3. The summed E-state index contributed by atoms with van der Waals surface area (Å²) in [6.45, 7) is 1.25. The number of rotatable bonds is 11. The lowest BCUT2D eigenvalue weighted by atomic mass is 10.0. The fourth-order valence-corrected chi connectivity index (χ4v) is 3.29. The van der Waals surface area contributed by atoms with Crippen LogP contribution in [0.5, 0.6) is 0 Å². The molecule has 0 aliphatic heterocycles. The first-order valence-electron chi connectivity index (χ1n) is 10.6. The second-order valence-corrected chi connectivity index (χ2v) is 7.80. The zero-order valence-electron chi connectivity index (χ0n) is 19.2. The van der Waals surface area contributed by atoms with Gasteiger partial charge in [-0.05, 0) is 36.6 Å². The maximum Gasteiger partial charge on any atom is 0.269 e. The third-order valence-corrected chi connectivity index (χ3v) is 5.01. The number of carbonyl (C=O) groups is 3. The molecule has 0 aliphatic carbocycles. The molecule has 2 rings (SSSR count). The summed E-state index contributed by atoms with van der Waals surface area (Å²) >= 11 is 0. The summed E-state index contributed by atoms with van der Waals surface area (Å²) in [5, 5.41) is 13.2. The molecular weight excluding hydrogens is 466 g/mol. The van der Waals surface area contributed by atoms with E-state index in [0.29, 0.717) is 11.6 Å². The topological polar surface area (TPSA) is 145 Å². The average Bonchev–Trinajstić information content (AvgIpc) is 2.78. The highest BCUT2D eigenvalue weighted by Gasteiger charge is 2.30. The molecular formula is C23H26F2N4O6. The number of nitrogens with one attached hydrogen (secondary N) is 1. The van der Waals surface area contributed by atoms with Crippen LogP contribution in [0.25, 0.3) is 0 Å². The van der Waals surface area contributed by atoms with Crippen molar-refractivity contribution in [3.63, 3.8) is 0 Å². The minimum absolute atomic E-state index is 0.0134. The van der Waals surface area contributed by atoms with Crippen LogP contribution in [0.1, 0.15) is 18.1 Å². The Morgan fingerprint density at radius 2 is 1.69 bits per heavy atom. The van der Waals surface area contributed by atoms with E-state index in [1.807, 2.05) is 0 Å². The van der Waals surface area contributed by atoms with Crippen molar-refractivity contribution in [3.8, 4) is 0 Å². The van der Waals surface area contributed by atoms with E-state index in [2.05, 4.69) is 5.32 Å². The smallest absolute Gasteiger partial charge is 0.269 e. The minimum Gasteiger partial charge on any atom is -0.383 e. The quantitative estimate of drug-likeness (QED) is 0.357. The molecule has 35 heavy (non-hydrogen) atoms. The van der Waals surface area contributed by atoms with E-state index in [9.17, 15) is 33.3 Å². The highest BCUT2D eigenvalue weighted by molar-refractivity contribution is 6.01. The number of nitrogens with two attached hydrogens (primary N) is 1. The Kier molecular flexibility index (Phi) is 9.91. The Bertz CT molecular complexity index is 1060. The number of ether oxygens (including phenoxy) is 1. The molecule has 1 unspecified atom stereocenters. The number of nitro groups is 1. The van der Waals surface area contributed by atoms with E-state index in [4.69, 9.17) is 10.5 Å². The third-order valence-electron chi connectivity index (χ3n) is 5.01. The van der Waals surface area contributed by atoms with Crippen molar-refractivity contribution < 1.29 is 32.8 Å². The maximum atomic E-state index is 13.3. The lowest BCUT2D eigenvalue weighted by Crippen LogP contribution is -2.54. The Morgan fingerprint density at radius 1 is 1.09 bits per heavy atom. The van der Waals surface area contributed by atoms with Crippen molar-refractivity contribution in [3.05, 3.63) is 75.3 Å². The molecule has 188 valence electrons. The van der Waals surface area contributed by atoms with Crippen molar-refractivity contribution in [1.82, 2.24) is 10.2 Å². The van der Waals surface area contributed by atoms with Gasteiger partial charge in [0.05, 0.1) is 30.5 Å². The normalized spacial score (nSPS) is 12.5. The number of carbonyl (C=O) groups excluding carboxylic acids is 3. The molecule has 0 bridgehead atoms. The number of non-ortho nitro benzene ring substituents is 1. The molecule has 2 atom stereocenters. The lowest BCUT2D eigenvalue weighted by molar-refractivity contribution is -0.384. The molecule has 10 nitrogen and oxygen atoms in total. The zero-order valence-corrected chi connectivity index (χ0v) is 19.2. The first kappa shape index (κ1) is 27.5. The SMILES string of the molecule is COCCN(C(=O)C(N)Cc1ccc([N+](=O)[O-])cc1)C(=O)[C@H](C)NC(=O)Cc1cc(F)cc(F)c1. The molecule has 0 spiro atoms. The molecule has 3 N–H and O–H groups in total. The number of hydrogen-bond donors (Lipinski definition) is 2. The summed E-state index contributed by atoms with van der Waals surface area (Å²) in [6, 6.07) is 5.87. The third kappa shape index (κ3) is 8.19. The number of imide groups is 1. The molecule has 3 amide bonds. The van der Waals surface area contributed by atoms with Gasteiger partial charge in [0.1, 0.15) is 17.7 Å². The lowest BCUT2D eigenvalue weighted by Gasteiger charge is -2.27. The number of halogens is 2. The van der Waals surface area contributed by atoms with Crippen molar-refractivity contribution in [1.29, 1.82) is 0 Å². The molecule has 0 saturated heterocycles. The number of benzene rings is 2. The molecule has 0 saturated carbocycles. The van der Waals surface area contributed by atoms with Gasteiger partial charge < -0.3 is 15.8 Å². The number of hydrogen-bond acceptors (Lipinski definition) is 7. The average molecular weight is 492 g/mol. The molecule has 0 fully saturated rings. The molecule has 0 heterocycles. The fourth-order valence-electron chi connectivity index (χ4n) is 3.29. The Balaban J connectivity index is 2.06. The number of amides is 3. The second-order valence-electron chi connectivity index (χ2n) is 7.80. The van der Waals surface area contributed by atoms with Crippen LogP contribution < -0.4 is 11.1 Å². The molecule has 2 aromatic carbocycles. The van der Waals surface area contributed by atoms with Crippen LogP contribution in [-0.4, -0.2) is 59.9 Å². The first-order chi connectivity index (χ1) is 16.5. The highest BCUT2D eigenvalue weighted by atomic mass is 19.1. The van der Waals surface area contributed by atoms with Gasteiger partial charge in [-0.25, -0.2) is 8.78 Å². The van der Waals surface area contributed by atoms with E-state index < -0.39 is 46.4 Å². The number of methoxy groups -OCH3 is 1. The molecule has 2 aromatic rings. The Morgan fingerprint density at radius 3 is 2.23 bits per heavy atom. The first-order valence-corrected chi connectivity index (χ1v) is 10.6. The highest BCUT2D eigenvalue weighted by Crippen LogP contribution is 2.14. The van der Waals surface area contributed by atoms with Gasteiger partial charge in [-0.15, -0.1) is 0 Å². The minimum atomic E-state index is -1.15. The van der Waals surface area contributed by atoms with Crippen LogP contribution >= 0.6 is 0 Å². The summed E-state index contributed by atoms with van der Waals surface area (Å²) in [5.41, 5.74) is 6.53. The monoisotopic (exact) mass is 492 g/mol. The predicted molar refractivity (Wildman–Crippen MR) is 121 cm³/mol. The van der Waals surface area contributed by atoms with Crippen molar-refractivity contribution >= 4 is 23.4 Å². The summed E-state index contributed by atoms with van der Waals surface area (Å²) < 4.78 is 31.7. The van der Waals surface area contributed by atoms with Crippen molar-refractivity contribution in [2.45, 2.75) is 31.8 Å². The molecule has 0 aliphatic rings. The van der Waals surface area contributed by atoms with Gasteiger partial charge in [0.15, 0.2) is 0 Å². The summed E-state index contributed by atoms with van der Waals surface area (Å²) in [6.07, 6.45) is -0.364. The largest absolute Gasteiger partial charge is 0.383 e. The second kappa shape index (κ2) is 12.6. The predicted octanol–water partition coefficient (Wildman–Crippen LogP) is 1.49. The fraction of sp³-hybridized carbons (Fsp3) is 0.348. The van der Waals surface area contributed by atoms with Gasteiger partial charge in [-0.3, -0.25) is 29.4 Å². The molecule has 0 aromatic heterocycles. The summed E-state index contributed by atoms with van der Waals surface area (Å²) in [7, 11) is 1.38. The van der Waals surface area contributed by atoms with Crippen LogP contribution in [0.2, 0.25) is 0 Å². The van der Waals surface area contributed by atoms with Crippen LogP contribution in [0.4, 0.5) is 14.5 Å². The van der Waals surface area contributed by atoms with Gasteiger partial charge >= 0.3 is 0 Å². The van der Waals surface area contributed by atoms with Crippen LogP contribution in [0, 0.1) is 21.7 Å². The van der Waals surface area contributed by atoms with Crippen LogP contribution in [0.3, 0.4) is 0 Å². The van der Waals surface area contributed by atoms with Gasteiger partial charge in [-0.1, -0.05) is 12.1 Å². The van der Waals surface area contributed by atoms with E-state index in [1.165, 1.54) is 38.3 Å². The van der Waals surface area contributed by atoms with Crippen molar-refractivity contribution in [2.75, 3.05) is 20.3 Å². The van der Waals surface area contributed by atoms with Gasteiger partial charge in [0.25, 0.3) is 11.6 Å². The van der Waals surface area contributed by atoms with Gasteiger partial charge in [-0.2, -0.15) is 0 Å². The number of nitrogens with zero attached hydrogens (tertiary/aromatic N) is 2. The van der Waals surface area contributed by atoms with E-state index in [-0.39, 0.29) is 37.2 Å². The van der Waals surface area contributed by atoms with E-state index in [1.54, 1.807) is 0 Å². The van der Waals surface area contributed by atoms with Crippen LogP contribution in [-0.2, 0) is 32.0 Å².